The van der Waals surface area contributed by atoms with E-state index in [9.17, 15) is 9.59 Å². The van der Waals surface area contributed by atoms with Gasteiger partial charge in [0.05, 0.1) is 30.7 Å². The van der Waals surface area contributed by atoms with Gasteiger partial charge in [0.15, 0.2) is 16.0 Å². The van der Waals surface area contributed by atoms with Crippen LogP contribution in [0.5, 0.6) is 0 Å². The molecule has 0 atom stereocenters. The standard InChI is InChI=1S/C21H19N5O4S2/c1-2-29-18(28)11-14-12-31-20(22-14)23-17(27)13-32-21-25-24-19(16-9-6-10-30-16)26(21)15-7-4-3-5-8-15/h3-10,12H,2,11,13H2,1H3,(H,22,23,27). The van der Waals surface area contributed by atoms with Gasteiger partial charge in [-0.25, -0.2) is 4.98 Å². The Balaban J connectivity index is 1.43. The van der Waals surface area contributed by atoms with Gasteiger partial charge < -0.3 is 14.5 Å². The number of furan rings is 1. The van der Waals surface area contributed by atoms with Crippen molar-refractivity contribution in [1.29, 1.82) is 0 Å². The van der Waals surface area contributed by atoms with Gasteiger partial charge >= 0.3 is 5.97 Å². The number of nitrogens with zero attached hydrogens (tertiary/aromatic N) is 4. The fraction of sp³-hybridized carbons (Fsp3) is 0.190. The van der Waals surface area contributed by atoms with Crippen LogP contribution < -0.4 is 5.32 Å². The van der Waals surface area contributed by atoms with E-state index in [1.165, 1.54) is 23.1 Å². The van der Waals surface area contributed by atoms with Gasteiger partial charge in [-0.15, -0.1) is 21.5 Å². The fourth-order valence-electron chi connectivity index (χ4n) is 2.83. The van der Waals surface area contributed by atoms with E-state index >= 15 is 0 Å². The van der Waals surface area contributed by atoms with Crippen LogP contribution in [0.3, 0.4) is 0 Å². The number of rotatable bonds is 9. The summed E-state index contributed by atoms with van der Waals surface area (Å²) in [7, 11) is 0. The van der Waals surface area contributed by atoms with Crippen LogP contribution in [0.4, 0.5) is 5.13 Å². The summed E-state index contributed by atoms with van der Waals surface area (Å²) >= 11 is 2.51. The molecule has 3 heterocycles. The predicted octanol–water partition coefficient (Wildman–Crippen LogP) is 3.82. The third-order valence-corrected chi connectivity index (χ3v) is 5.89. The molecule has 0 aliphatic rings. The zero-order valence-corrected chi connectivity index (χ0v) is 18.7. The highest BCUT2D eigenvalue weighted by Crippen LogP contribution is 2.28. The van der Waals surface area contributed by atoms with Crippen molar-refractivity contribution in [1.82, 2.24) is 19.7 Å². The highest BCUT2D eigenvalue weighted by molar-refractivity contribution is 7.99. The maximum absolute atomic E-state index is 12.5. The van der Waals surface area contributed by atoms with Gasteiger partial charge in [-0.1, -0.05) is 30.0 Å². The Kier molecular flexibility index (Phi) is 6.97. The molecule has 11 heteroatoms. The van der Waals surface area contributed by atoms with Crippen molar-refractivity contribution in [3.05, 3.63) is 59.8 Å². The minimum atomic E-state index is -0.348. The fourth-order valence-corrected chi connectivity index (χ4v) is 4.31. The average Bonchev–Trinajstić information content (AvgIpc) is 3.54. The first-order valence-corrected chi connectivity index (χ1v) is 11.6. The van der Waals surface area contributed by atoms with E-state index < -0.39 is 0 Å². The van der Waals surface area contributed by atoms with Crippen molar-refractivity contribution in [2.45, 2.75) is 18.5 Å². The Morgan fingerprint density at radius 3 is 2.78 bits per heavy atom. The second-order valence-electron chi connectivity index (χ2n) is 6.42. The molecule has 9 nitrogen and oxygen atoms in total. The largest absolute Gasteiger partial charge is 0.466 e. The summed E-state index contributed by atoms with van der Waals surface area (Å²) in [5.74, 6) is 0.644. The number of ether oxygens (including phenoxy) is 1. The Morgan fingerprint density at radius 1 is 1.19 bits per heavy atom. The lowest BCUT2D eigenvalue weighted by Gasteiger charge is -2.08. The van der Waals surface area contributed by atoms with Crippen LogP contribution in [0.15, 0.2) is 63.7 Å². The first kappa shape index (κ1) is 21.8. The van der Waals surface area contributed by atoms with Gasteiger partial charge in [0.1, 0.15) is 0 Å². The van der Waals surface area contributed by atoms with E-state index in [-0.39, 0.29) is 24.1 Å². The molecule has 1 amide bonds. The molecule has 4 rings (SSSR count). The highest BCUT2D eigenvalue weighted by atomic mass is 32.2. The SMILES string of the molecule is CCOC(=O)Cc1csc(NC(=O)CSc2nnc(-c3ccco3)n2-c2ccccc2)n1. The summed E-state index contributed by atoms with van der Waals surface area (Å²) in [5, 5.41) is 14.0. The Hall–Kier alpha value is -3.44. The minimum Gasteiger partial charge on any atom is -0.466 e. The summed E-state index contributed by atoms with van der Waals surface area (Å²) in [6.45, 7) is 2.07. The van der Waals surface area contributed by atoms with Gasteiger partial charge in [-0.3, -0.25) is 14.2 Å². The lowest BCUT2D eigenvalue weighted by molar-refractivity contribution is -0.142. The highest BCUT2D eigenvalue weighted by Gasteiger charge is 2.19. The predicted molar refractivity (Wildman–Crippen MR) is 121 cm³/mol. The third kappa shape index (κ3) is 5.24. The summed E-state index contributed by atoms with van der Waals surface area (Å²) in [6, 6.07) is 13.2. The van der Waals surface area contributed by atoms with Crippen molar-refractivity contribution in [3.8, 4) is 17.3 Å². The van der Waals surface area contributed by atoms with E-state index in [1.807, 2.05) is 34.9 Å². The van der Waals surface area contributed by atoms with Gasteiger partial charge in [0.25, 0.3) is 0 Å². The second-order valence-corrected chi connectivity index (χ2v) is 8.22. The summed E-state index contributed by atoms with van der Waals surface area (Å²) < 4.78 is 12.3. The molecule has 0 saturated carbocycles. The lowest BCUT2D eigenvalue weighted by Crippen LogP contribution is -2.15. The quantitative estimate of drug-likeness (QED) is 0.291. The van der Waals surface area contributed by atoms with Crippen LogP contribution in [0, 0.1) is 0 Å². The average molecular weight is 470 g/mol. The zero-order chi connectivity index (χ0) is 22.3. The molecule has 1 N–H and O–H groups in total. The van der Waals surface area contributed by atoms with Crippen LogP contribution in [0.25, 0.3) is 17.3 Å². The van der Waals surface area contributed by atoms with Crippen molar-refractivity contribution >= 4 is 40.1 Å². The van der Waals surface area contributed by atoms with Crippen LogP contribution in [0.1, 0.15) is 12.6 Å². The van der Waals surface area contributed by atoms with Crippen LogP contribution in [-0.2, 0) is 20.7 Å². The summed E-state index contributed by atoms with van der Waals surface area (Å²) in [5.41, 5.74) is 1.42. The molecular formula is C21H19N5O4S2. The minimum absolute atomic E-state index is 0.0741. The smallest absolute Gasteiger partial charge is 0.311 e. The van der Waals surface area contributed by atoms with Crippen molar-refractivity contribution < 1.29 is 18.7 Å². The molecule has 0 spiro atoms. The molecule has 32 heavy (non-hydrogen) atoms. The van der Waals surface area contributed by atoms with E-state index in [1.54, 1.807) is 30.7 Å². The monoisotopic (exact) mass is 469 g/mol. The van der Waals surface area contributed by atoms with E-state index in [0.29, 0.717) is 34.2 Å². The number of hydrogen-bond donors (Lipinski definition) is 1. The first-order valence-electron chi connectivity index (χ1n) is 9.71. The zero-order valence-electron chi connectivity index (χ0n) is 17.1. The Morgan fingerprint density at radius 2 is 2.03 bits per heavy atom. The number of carbonyl (C=O) groups excluding carboxylic acids is 2. The number of hydrogen-bond acceptors (Lipinski definition) is 9. The first-order chi connectivity index (χ1) is 15.6. The van der Waals surface area contributed by atoms with Gasteiger partial charge in [-0.2, -0.15) is 0 Å². The maximum atomic E-state index is 12.5. The van der Waals surface area contributed by atoms with Gasteiger partial charge in [0, 0.05) is 11.1 Å². The number of carbonyl (C=O) groups is 2. The number of benzene rings is 1. The number of aromatic nitrogens is 4. The van der Waals surface area contributed by atoms with Crippen molar-refractivity contribution in [2.75, 3.05) is 17.7 Å². The number of para-hydroxylation sites is 1. The van der Waals surface area contributed by atoms with Crippen LogP contribution in [-0.4, -0.2) is 44.0 Å². The van der Waals surface area contributed by atoms with E-state index in [2.05, 4.69) is 20.5 Å². The summed E-state index contributed by atoms with van der Waals surface area (Å²) in [6.07, 6.45) is 1.65. The number of amides is 1. The van der Waals surface area contributed by atoms with Crippen LogP contribution in [0.2, 0.25) is 0 Å². The number of thioether (sulfide) groups is 1. The van der Waals surface area contributed by atoms with Crippen molar-refractivity contribution in [2.24, 2.45) is 0 Å². The maximum Gasteiger partial charge on any atom is 0.311 e. The second kappa shape index (κ2) is 10.2. The Labute approximate surface area is 191 Å². The van der Waals surface area contributed by atoms with E-state index in [4.69, 9.17) is 9.15 Å². The molecule has 0 radical (unpaired) electrons. The molecule has 0 bridgehead atoms. The number of thiazole rings is 1. The lowest BCUT2D eigenvalue weighted by atomic mass is 10.3. The third-order valence-electron chi connectivity index (χ3n) is 4.15. The topological polar surface area (TPSA) is 112 Å². The number of esters is 1. The molecule has 0 saturated heterocycles. The van der Waals surface area contributed by atoms with Crippen LogP contribution >= 0.6 is 23.1 Å². The Bertz CT molecular complexity index is 1190. The summed E-state index contributed by atoms with van der Waals surface area (Å²) in [4.78, 5) is 28.3. The molecule has 164 valence electrons. The molecular weight excluding hydrogens is 450 g/mol. The van der Waals surface area contributed by atoms with Gasteiger partial charge in [-0.05, 0) is 31.2 Å². The van der Waals surface area contributed by atoms with Crippen molar-refractivity contribution in [3.63, 3.8) is 0 Å². The molecule has 3 aromatic heterocycles. The van der Waals surface area contributed by atoms with Gasteiger partial charge in [0.2, 0.25) is 11.7 Å². The molecule has 0 unspecified atom stereocenters. The number of nitrogens with one attached hydrogen (secondary N) is 1. The molecule has 4 aromatic rings. The molecule has 0 aliphatic carbocycles. The number of anilines is 1. The van der Waals surface area contributed by atoms with E-state index in [0.717, 1.165) is 5.69 Å². The molecule has 1 aromatic carbocycles. The normalized spacial score (nSPS) is 10.8. The molecule has 0 aliphatic heterocycles. The molecule has 0 fully saturated rings.